The second-order valence-electron chi connectivity index (χ2n) is 23.4. The molecule has 12 rings (SSSR count). The van der Waals surface area contributed by atoms with Crippen molar-refractivity contribution in [2.75, 3.05) is 37.2 Å². The van der Waals surface area contributed by atoms with Gasteiger partial charge >= 0.3 is 23.9 Å². The van der Waals surface area contributed by atoms with Crippen LogP contribution >= 0.6 is 58.6 Å². The van der Waals surface area contributed by atoms with Crippen LogP contribution in [0.3, 0.4) is 0 Å². The molecular weight excluding hydrogens is 1500 g/mol. The normalized spacial score (nSPS) is 10.7. The van der Waals surface area contributed by atoms with E-state index < -0.39 is 23.9 Å². The number of carboxylic acids is 4. The molecule has 0 aliphatic heterocycles. The molecule has 0 bridgehead atoms. The van der Waals surface area contributed by atoms with E-state index in [2.05, 4.69) is 62.1 Å². The summed E-state index contributed by atoms with van der Waals surface area (Å²) in [5, 5.41) is 84.1. The number of aryl methyl sites for hydroxylation is 4. The summed E-state index contributed by atoms with van der Waals surface area (Å²) >= 11 is 11.2. The van der Waals surface area contributed by atoms with Crippen molar-refractivity contribution in [1.82, 2.24) is 80.8 Å². The molecule has 0 aliphatic rings. The summed E-state index contributed by atoms with van der Waals surface area (Å²) in [6, 6.07) is 50.2. The van der Waals surface area contributed by atoms with E-state index in [1.54, 1.807) is 43.5 Å². The Morgan fingerprint density at radius 3 is 1.08 bits per heavy atom. The van der Waals surface area contributed by atoms with Gasteiger partial charge in [-0.05, 0) is 193 Å². The number of methoxy groups -OCH3 is 2. The van der Waals surface area contributed by atoms with Crippen LogP contribution in [0.5, 0.6) is 11.5 Å². The molecule has 109 heavy (non-hydrogen) atoms. The second-order valence-corrected chi connectivity index (χ2v) is 27.6. The number of thioether (sulfide) groups is 4. The topological polar surface area (TPSA) is 410 Å². The summed E-state index contributed by atoms with van der Waals surface area (Å²) < 4.78 is 16.2. The fraction of sp³-hybridized carbons (Fsp3) is 0.189. The third kappa shape index (κ3) is 22.7. The van der Waals surface area contributed by atoms with Crippen molar-refractivity contribution in [1.29, 1.82) is 0 Å². The van der Waals surface area contributed by atoms with Gasteiger partial charge in [-0.1, -0.05) is 144 Å². The molecule has 8 aromatic carbocycles. The number of benzene rings is 8. The zero-order valence-corrected chi connectivity index (χ0v) is 63.0. The lowest BCUT2D eigenvalue weighted by molar-refractivity contribution is -0.116. The zero-order valence-electron chi connectivity index (χ0n) is 58.9. The van der Waals surface area contributed by atoms with Crippen molar-refractivity contribution in [2.24, 2.45) is 0 Å². The molecule has 0 saturated heterocycles. The van der Waals surface area contributed by atoms with Gasteiger partial charge in [-0.2, -0.15) is 18.7 Å². The van der Waals surface area contributed by atoms with Gasteiger partial charge in [0, 0.05) is 37.3 Å². The first-order valence-electron chi connectivity index (χ1n) is 32.6. The summed E-state index contributed by atoms with van der Waals surface area (Å²) in [7, 11) is 2.93. The SMILES string of the molecule is COc1cc(-n2nnnc2SCC(=O)Cc2c(C)cccc2C)c(Cl)cc1C(=O)O.COc1ccccc1CC(=O)CSc1nnnn1-c1ccc(C(=O)O)cc1.Cc1cccc(C)c1CC(=O)CSc1nnnn1-c1ccc(C(=O)O)cc1.O=C(CSc1nnnn1-c1ccc(C(=O)O)cc1)Cc1ccccc1. The predicted octanol–water partition coefficient (Wildman–Crippen LogP) is 11.0. The van der Waals surface area contributed by atoms with Gasteiger partial charge in [-0.3, -0.25) is 19.2 Å². The highest BCUT2D eigenvalue weighted by molar-refractivity contribution is 8.00. The van der Waals surface area contributed by atoms with E-state index in [-0.39, 0.29) is 85.6 Å². The van der Waals surface area contributed by atoms with Gasteiger partial charge in [0.05, 0.1) is 81.7 Å². The smallest absolute Gasteiger partial charge is 0.339 e. The molecule has 30 nitrogen and oxygen atoms in total. The Bertz CT molecular complexity index is 5180. The van der Waals surface area contributed by atoms with Gasteiger partial charge in [0.1, 0.15) is 40.2 Å². The van der Waals surface area contributed by atoms with Crippen LogP contribution in [0.1, 0.15) is 85.9 Å². The van der Waals surface area contributed by atoms with Gasteiger partial charge in [0.25, 0.3) is 0 Å². The highest BCUT2D eigenvalue weighted by Gasteiger charge is 2.22. The van der Waals surface area contributed by atoms with Crippen molar-refractivity contribution < 1.29 is 68.3 Å². The highest BCUT2D eigenvalue weighted by atomic mass is 35.5. The standard InChI is InChI=1S/C20H19ClN4O4S.C19H18N4O3S.C18H16N4O4S.C17H14N4O3S/c1-11-5-4-6-12(2)14(11)7-13(26)10-30-20-22-23-24-25(20)17-9-18(29-3)15(19(27)28)8-16(17)21;1-12-4-3-5-13(2)17(12)10-16(24)11-27-19-20-21-22-23(19)15-8-6-14(7-9-15)18(25)26;1-26-16-5-3-2-4-13(16)10-15(23)11-27-18-19-20-21-22(18)14-8-6-12(7-9-14)17(24)25;22-15(10-12-4-2-1-3-5-12)11-25-17-18-19-20-21(17)14-8-6-13(7-9-14)16(23)24/h4-6,8-9H,7,10H2,1-3H3,(H,27,28);3-9H,10-11H2,1-2H3,(H,25,26);2-9H,10-11H2,1H3,(H,24,25);1-9H,10-11H2,(H,23,24). The number of rotatable bonds is 30. The summed E-state index contributed by atoms with van der Waals surface area (Å²) in [5.74, 6) is -2.25. The number of aromatic carboxylic acids is 4. The number of ether oxygens (including phenoxy) is 2. The molecule has 0 saturated carbocycles. The van der Waals surface area contributed by atoms with Crippen LogP contribution in [0.25, 0.3) is 22.7 Å². The molecular formula is C74H67ClN16O14S4. The number of ketones is 4. The summed E-state index contributed by atoms with van der Waals surface area (Å²) in [6.45, 7) is 7.98. The van der Waals surface area contributed by atoms with E-state index in [0.717, 1.165) is 44.5 Å². The van der Waals surface area contributed by atoms with Crippen molar-refractivity contribution >= 4 is 106 Å². The first-order chi connectivity index (χ1) is 52.5. The van der Waals surface area contributed by atoms with Gasteiger partial charge < -0.3 is 29.9 Å². The Kier molecular flexibility index (Phi) is 29.3. The van der Waals surface area contributed by atoms with Gasteiger partial charge in [0.15, 0.2) is 0 Å². The minimum absolute atomic E-state index is 0.0141. The number of halogens is 1. The molecule has 4 heterocycles. The number of Topliss-reactive ketones (excluding diaryl/α,β-unsaturated/α-hetero) is 4. The third-order valence-electron chi connectivity index (χ3n) is 15.9. The lowest BCUT2D eigenvalue weighted by Crippen LogP contribution is -2.10. The lowest BCUT2D eigenvalue weighted by atomic mass is 9.99. The fourth-order valence-electron chi connectivity index (χ4n) is 10.3. The number of aromatic nitrogens is 16. The van der Waals surface area contributed by atoms with Crippen LogP contribution < -0.4 is 9.47 Å². The maximum absolute atomic E-state index is 12.5. The molecule has 0 fully saturated rings. The van der Waals surface area contributed by atoms with Gasteiger partial charge in [0.2, 0.25) is 20.6 Å². The van der Waals surface area contributed by atoms with Crippen molar-refractivity contribution in [3.8, 4) is 34.2 Å². The predicted molar refractivity (Wildman–Crippen MR) is 405 cm³/mol. The van der Waals surface area contributed by atoms with E-state index in [1.165, 1.54) is 121 Å². The number of hydrogen-bond donors (Lipinski definition) is 4. The molecule has 0 radical (unpaired) electrons. The number of hydrogen-bond acceptors (Lipinski definition) is 26. The number of carboxylic acid groups (broad SMARTS) is 4. The molecule has 0 aliphatic carbocycles. The van der Waals surface area contributed by atoms with Gasteiger partial charge in [-0.25, -0.2) is 19.2 Å². The Morgan fingerprint density at radius 1 is 0.376 bits per heavy atom. The molecule has 35 heteroatoms. The van der Waals surface area contributed by atoms with E-state index in [1.807, 2.05) is 119 Å². The Hall–Kier alpha value is -12.1. The average molecular weight is 1570 g/mol. The summed E-state index contributed by atoms with van der Waals surface area (Å²) in [4.78, 5) is 93.5. The third-order valence-corrected chi connectivity index (χ3v) is 20.1. The minimum atomic E-state index is -1.16. The Morgan fingerprint density at radius 2 is 0.716 bits per heavy atom. The number of nitrogens with zero attached hydrogens (tertiary/aromatic N) is 16. The Labute approximate surface area is 644 Å². The van der Waals surface area contributed by atoms with Crippen LogP contribution in [0.15, 0.2) is 197 Å². The molecule has 4 N–H and O–H groups in total. The van der Waals surface area contributed by atoms with Crippen LogP contribution in [-0.2, 0) is 44.9 Å². The summed E-state index contributed by atoms with van der Waals surface area (Å²) in [5.41, 5.74) is 11.0. The van der Waals surface area contributed by atoms with Crippen LogP contribution in [0, 0.1) is 27.7 Å². The fourth-order valence-corrected chi connectivity index (χ4v) is 13.5. The monoisotopic (exact) mass is 1570 g/mol. The number of carbonyl (C=O) groups is 8. The van der Waals surface area contributed by atoms with E-state index in [4.69, 9.17) is 36.4 Å². The Balaban J connectivity index is 0.000000168. The molecule has 558 valence electrons. The second kappa shape index (κ2) is 39.5. The van der Waals surface area contributed by atoms with Crippen LogP contribution in [0.2, 0.25) is 5.02 Å². The highest BCUT2D eigenvalue weighted by Crippen LogP contribution is 2.33. The van der Waals surface area contributed by atoms with E-state index in [0.29, 0.717) is 68.4 Å². The van der Waals surface area contributed by atoms with E-state index >= 15 is 0 Å². The van der Waals surface area contributed by atoms with Crippen molar-refractivity contribution in [2.45, 2.75) is 74.0 Å². The zero-order chi connectivity index (χ0) is 78.1. The molecule has 12 aromatic rings. The maximum Gasteiger partial charge on any atom is 0.339 e. The first-order valence-corrected chi connectivity index (χ1v) is 36.9. The first kappa shape index (κ1) is 81.0. The maximum atomic E-state index is 12.5. The molecule has 0 spiro atoms. The molecule has 0 atom stereocenters. The number of para-hydroxylation sites is 1. The quantitative estimate of drug-likeness (QED) is 0.0304. The van der Waals surface area contributed by atoms with Crippen LogP contribution in [0.4, 0.5) is 0 Å². The molecule has 4 aromatic heterocycles. The molecule has 0 amide bonds. The van der Waals surface area contributed by atoms with Crippen LogP contribution in [-0.4, -0.2) is 185 Å². The van der Waals surface area contributed by atoms with Gasteiger partial charge in [-0.15, -0.1) is 20.4 Å². The largest absolute Gasteiger partial charge is 0.496 e. The van der Waals surface area contributed by atoms with Crippen molar-refractivity contribution in [3.63, 3.8) is 0 Å². The van der Waals surface area contributed by atoms with Crippen molar-refractivity contribution in [3.05, 3.63) is 248 Å². The summed E-state index contributed by atoms with van der Waals surface area (Å²) in [6.07, 6.45) is 1.32. The number of tetrazole rings is 4. The minimum Gasteiger partial charge on any atom is -0.496 e. The average Bonchev–Trinajstić information content (AvgIpc) is 1.78. The van der Waals surface area contributed by atoms with E-state index in [9.17, 15) is 43.5 Å². The number of carbonyl (C=O) groups excluding carboxylic acids is 4. The lowest BCUT2D eigenvalue weighted by Gasteiger charge is -2.11. The molecule has 0 unspecified atom stereocenters.